The van der Waals surface area contributed by atoms with Gasteiger partial charge >= 0.3 is 0 Å². The maximum absolute atomic E-state index is 5.67. The quantitative estimate of drug-likeness (QED) is 0.842. The van der Waals surface area contributed by atoms with Crippen molar-refractivity contribution in [3.63, 3.8) is 0 Å². The van der Waals surface area contributed by atoms with Crippen molar-refractivity contribution in [2.24, 2.45) is 5.73 Å². The summed E-state index contributed by atoms with van der Waals surface area (Å²) in [4.78, 5) is 8.91. The molecule has 3 N–H and O–H groups in total. The van der Waals surface area contributed by atoms with E-state index in [-0.39, 0.29) is 0 Å². The van der Waals surface area contributed by atoms with E-state index in [1.165, 1.54) is 0 Å². The first-order valence-electron chi connectivity index (χ1n) is 5.54. The van der Waals surface area contributed by atoms with Crippen LogP contribution in [0.25, 0.3) is 0 Å². The minimum absolute atomic E-state index is 0.348. The van der Waals surface area contributed by atoms with E-state index in [1.54, 1.807) is 29.8 Å². The molecule has 0 aromatic carbocycles. The maximum atomic E-state index is 5.67. The summed E-state index contributed by atoms with van der Waals surface area (Å²) >= 11 is 6.56. The average Bonchev–Trinajstić information content (AvgIpc) is 2.78. The Hall–Kier alpha value is -1.53. The van der Waals surface area contributed by atoms with Crippen LogP contribution in [0.2, 0.25) is 0 Å². The summed E-state index contributed by atoms with van der Waals surface area (Å²) in [6.07, 6.45) is 3.37. The molecule has 0 saturated carbocycles. The number of hydrogen-bond donors (Lipinski definition) is 2. The second-order valence-corrected chi connectivity index (χ2v) is 5.44. The van der Waals surface area contributed by atoms with Crippen molar-refractivity contribution < 1.29 is 0 Å². The average molecular weight is 278 g/mol. The monoisotopic (exact) mass is 278 g/mol. The molecule has 0 aliphatic rings. The minimum atomic E-state index is 0.348. The molecule has 0 amide bonds. The molecule has 0 radical (unpaired) electrons. The molecule has 0 aliphatic carbocycles. The molecule has 0 atom stereocenters. The SMILES string of the molecule is CC(C)c1csc(Nc2cnccc2C(N)=S)n1. The van der Waals surface area contributed by atoms with Gasteiger partial charge < -0.3 is 11.1 Å². The molecule has 94 valence electrons. The van der Waals surface area contributed by atoms with E-state index in [4.69, 9.17) is 18.0 Å². The van der Waals surface area contributed by atoms with E-state index in [0.717, 1.165) is 22.1 Å². The Morgan fingerprint density at radius 1 is 1.50 bits per heavy atom. The molecule has 4 nitrogen and oxygen atoms in total. The minimum Gasteiger partial charge on any atom is -0.389 e. The van der Waals surface area contributed by atoms with Gasteiger partial charge in [-0.1, -0.05) is 26.1 Å². The smallest absolute Gasteiger partial charge is 0.187 e. The van der Waals surface area contributed by atoms with Crippen LogP contribution in [0.4, 0.5) is 10.8 Å². The lowest BCUT2D eigenvalue weighted by molar-refractivity contribution is 0.834. The molecule has 2 heterocycles. The fraction of sp³-hybridized carbons (Fsp3) is 0.250. The van der Waals surface area contributed by atoms with Gasteiger partial charge in [-0.3, -0.25) is 4.98 Å². The van der Waals surface area contributed by atoms with Gasteiger partial charge in [0.1, 0.15) is 4.99 Å². The number of pyridine rings is 1. The molecular formula is C12H14N4S2. The molecule has 18 heavy (non-hydrogen) atoms. The Balaban J connectivity index is 2.25. The van der Waals surface area contributed by atoms with Gasteiger partial charge in [0.2, 0.25) is 0 Å². The lowest BCUT2D eigenvalue weighted by Crippen LogP contribution is -2.12. The Kier molecular flexibility index (Phi) is 3.88. The number of nitrogens with two attached hydrogens (primary N) is 1. The Labute approximate surface area is 115 Å². The Morgan fingerprint density at radius 3 is 2.89 bits per heavy atom. The number of thiazole rings is 1. The fourth-order valence-corrected chi connectivity index (χ4v) is 2.50. The predicted octanol–water partition coefficient (Wildman–Crippen LogP) is 3.04. The summed E-state index contributed by atoms with van der Waals surface area (Å²) in [5.74, 6) is 0.417. The number of rotatable bonds is 4. The van der Waals surface area contributed by atoms with Gasteiger partial charge in [0.25, 0.3) is 0 Å². The van der Waals surface area contributed by atoms with Crippen LogP contribution < -0.4 is 11.1 Å². The summed E-state index contributed by atoms with van der Waals surface area (Å²) in [5.41, 5.74) is 8.31. The third kappa shape index (κ3) is 2.83. The number of hydrogen-bond acceptors (Lipinski definition) is 5. The highest BCUT2D eigenvalue weighted by atomic mass is 32.1. The topological polar surface area (TPSA) is 63.8 Å². The fourth-order valence-electron chi connectivity index (χ4n) is 1.43. The Morgan fingerprint density at radius 2 is 2.28 bits per heavy atom. The molecule has 2 aromatic rings. The number of nitrogens with one attached hydrogen (secondary N) is 1. The van der Waals surface area contributed by atoms with Gasteiger partial charge in [-0.25, -0.2) is 4.98 Å². The first kappa shape index (κ1) is 12.9. The van der Waals surface area contributed by atoms with Crippen LogP contribution in [0.15, 0.2) is 23.8 Å². The van der Waals surface area contributed by atoms with Crippen molar-refractivity contribution >= 4 is 39.4 Å². The molecule has 0 spiro atoms. The number of aromatic nitrogens is 2. The number of thiocarbonyl (C=S) groups is 1. The molecular weight excluding hydrogens is 264 g/mol. The van der Waals surface area contributed by atoms with Crippen LogP contribution >= 0.6 is 23.6 Å². The largest absolute Gasteiger partial charge is 0.389 e. The van der Waals surface area contributed by atoms with Crippen LogP contribution in [0.1, 0.15) is 31.0 Å². The van der Waals surface area contributed by atoms with Crippen LogP contribution in [-0.2, 0) is 0 Å². The second-order valence-electron chi connectivity index (χ2n) is 4.14. The van der Waals surface area contributed by atoms with Gasteiger partial charge in [0.05, 0.1) is 17.6 Å². The molecule has 6 heteroatoms. The van der Waals surface area contributed by atoms with E-state index in [1.807, 2.05) is 5.38 Å². The van der Waals surface area contributed by atoms with Crippen LogP contribution in [0, 0.1) is 0 Å². The van der Waals surface area contributed by atoms with Crippen molar-refractivity contribution in [1.82, 2.24) is 9.97 Å². The van der Waals surface area contributed by atoms with Crippen LogP contribution in [0.5, 0.6) is 0 Å². The maximum Gasteiger partial charge on any atom is 0.187 e. The highest BCUT2D eigenvalue weighted by Crippen LogP contribution is 2.25. The zero-order valence-electron chi connectivity index (χ0n) is 10.2. The van der Waals surface area contributed by atoms with E-state index < -0.39 is 0 Å². The second kappa shape index (κ2) is 5.41. The third-order valence-electron chi connectivity index (χ3n) is 2.44. The van der Waals surface area contributed by atoms with E-state index in [9.17, 15) is 0 Å². The van der Waals surface area contributed by atoms with E-state index in [0.29, 0.717) is 10.9 Å². The summed E-state index contributed by atoms with van der Waals surface area (Å²) in [7, 11) is 0. The van der Waals surface area contributed by atoms with Crippen LogP contribution in [0.3, 0.4) is 0 Å². The molecule has 2 aromatic heterocycles. The van der Waals surface area contributed by atoms with Crippen molar-refractivity contribution in [3.05, 3.63) is 35.1 Å². The van der Waals surface area contributed by atoms with Crippen molar-refractivity contribution in [2.75, 3.05) is 5.32 Å². The predicted molar refractivity (Wildman–Crippen MR) is 79.6 cm³/mol. The lowest BCUT2D eigenvalue weighted by Gasteiger charge is -2.07. The molecule has 0 bridgehead atoms. The van der Waals surface area contributed by atoms with Gasteiger partial charge in [-0.2, -0.15) is 0 Å². The zero-order valence-corrected chi connectivity index (χ0v) is 11.8. The zero-order chi connectivity index (χ0) is 13.1. The lowest BCUT2D eigenvalue weighted by atomic mass is 10.2. The van der Waals surface area contributed by atoms with Crippen molar-refractivity contribution in [1.29, 1.82) is 0 Å². The van der Waals surface area contributed by atoms with Gasteiger partial charge in [-0.05, 0) is 12.0 Å². The number of anilines is 2. The first-order valence-corrected chi connectivity index (χ1v) is 6.83. The van der Waals surface area contributed by atoms with E-state index >= 15 is 0 Å². The standard InChI is InChI=1S/C12H14N4S2/c1-7(2)10-6-18-12(16-10)15-9-5-14-4-3-8(9)11(13)17/h3-7H,1-2H3,(H2,13,17)(H,15,16). The highest BCUT2D eigenvalue weighted by molar-refractivity contribution is 7.80. The summed E-state index contributed by atoms with van der Waals surface area (Å²) in [6.45, 7) is 4.23. The summed E-state index contributed by atoms with van der Waals surface area (Å²) in [6, 6.07) is 1.79. The van der Waals surface area contributed by atoms with Gasteiger partial charge in [-0.15, -0.1) is 11.3 Å². The molecule has 2 rings (SSSR count). The van der Waals surface area contributed by atoms with Gasteiger partial charge in [0, 0.05) is 17.1 Å². The first-order chi connectivity index (χ1) is 8.58. The van der Waals surface area contributed by atoms with Crippen molar-refractivity contribution in [3.8, 4) is 0 Å². The van der Waals surface area contributed by atoms with E-state index in [2.05, 4.69) is 29.1 Å². The number of nitrogens with zero attached hydrogens (tertiary/aromatic N) is 2. The normalized spacial score (nSPS) is 10.6. The molecule has 0 fully saturated rings. The summed E-state index contributed by atoms with van der Waals surface area (Å²) < 4.78 is 0. The van der Waals surface area contributed by atoms with Crippen LogP contribution in [-0.4, -0.2) is 15.0 Å². The Bertz CT molecular complexity index is 563. The molecule has 0 unspecified atom stereocenters. The molecule has 0 aliphatic heterocycles. The summed E-state index contributed by atoms with van der Waals surface area (Å²) in [5, 5.41) is 6.08. The molecule has 0 saturated heterocycles. The van der Waals surface area contributed by atoms with Crippen molar-refractivity contribution in [2.45, 2.75) is 19.8 Å². The van der Waals surface area contributed by atoms with Gasteiger partial charge in [0.15, 0.2) is 5.13 Å². The highest BCUT2D eigenvalue weighted by Gasteiger charge is 2.09. The third-order valence-corrected chi connectivity index (χ3v) is 3.44.